The second-order valence-corrected chi connectivity index (χ2v) is 6.35. The molecule has 1 fully saturated rings. The average molecular weight is 403 g/mol. The summed E-state index contributed by atoms with van der Waals surface area (Å²) in [5, 5.41) is 19.4. The lowest BCUT2D eigenvalue weighted by molar-refractivity contribution is -0.134. The van der Waals surface area contributed by atoms with Crippen molar-refractivity contribution in [2.45, 2.75) is 26.1 Å². The molecule has 1 aromatic heterocycles. The van der Waals surface area contributed by atoms with E-state index in [4.69, 9.17) is 22.6 Å². The summed E-state index contributed by atoms with van der Waals surface area (Å²) in [7, 11) is 0. The van der Waals surface area contributed by atoms with Crippen LogP contribution in [-0.2, 0) is 17.9 Å². The van der Waals surface area contributed by atoms with Crippen molar-refractivity contribution in [1.29, 1.82) is 5.26 Å². The van der Waals surface area contributed by atoms with Crippen LogP contribution in [0.5, 0.6) is 5.88 Å². The maximum Gasteiger partial charge on any atom is 0.352 e. The topological polar surface area (TPSA) is 120 Å². The second kappa shape index (κ2) is 8.70. The lowest BCUT2D eigenvalue weighted by atomic mass is 10.1. The number of fused-ring (bicyclic) bond motifs is 3. The largest absolute Gasteiger partial charge is 0.481 e. The van der Waals surface area contributed by atoms with E-state index in [9.17, 15) is 9.18 Å². The van der Waals surface area contributed by atoms with Crippen LogP contribution in [0.2, 0.25) is 0 Å². The minimum absolute atomic E-state index is 0.00271. The van der Waals surface area contributed by atoms with Crippen LogP contribution in [0.1, 0.15) is 20.8 Å². The Hall–Kier alpha value is -3.45. The molecular formula is C19H20FN5O4. The highest BCUT2D eigenvalue weighted by Crippen LogP contribution is 2.27. The van der Waals surface area contributed by atoms with Gasteiger partial charge in [-0.05, 0) is 17.7 Å². The molecule has 9 nitrogen and oxygen atoms in total. The first-order valence-electron chi connectivity index (χ1n) is 9.78. The number of benzene rings is 1. The number of aliphatic carboxylic acids is 1. The summed E-state index contributed by atoms with van der Waals surface area (Å²) in [5.74, 6) is -0.954. The van der Waals surface area contributed by atoms with Crippen molar-refractivity contribution in [3.05, 3.63) is 51.7 Å². The van der Waals surface area contributed by atoms with E-state index in [2.05, 4.69) is 10.3 Å². The van der Waals surface area contributed by atoms with Crippen LogP contribution in [0.4, 0.5) is 10.2 Å². The average Bonchev–Trinajstić information content (AvgIpc) is 2.95. The van der Waals surface area contributed by atoms with Gasteiger partial charge in [0.25, 0.3) is 5.97 Å². The molecule has 2 aromatic rings. The van der Waals surface area contributed by atoms with Crippen molar-refractivity contribution < 1.29 is 21.8 Å². The molecule has 1 saturated heterocycles. The summed E-state index contributed by atoms with van der Waals surface area (Å²) >= 11 is 0. The first-order chi connectivity index (χ1) is 14.6. The summed E-state index contributed by atoms with van der Waals surface area (Å²) in [4.78, 5) is 27.1. The van der Waals surface area contributed by atoms with Gasteiger partial charge in [-0.3, -0.25) is 9.36 Å². The van der Waals surface area contributed by atoms with E-state index in [0.717, 1.165) is 11.5 Å². The van der Waals surface area contributed by atoms with E-state index < -0.39 is 30.0 Å². The number of anilines is 1. The van der Waals surface area contributed by atoms with Gasteiger partial charge >= 0.3 is 5.69 Å². The molecule has 1 aromatic carbocycles. The number of carboxylic acids is 1. The van der Waals surface area contributed by atoms with Crippen molar-refractivity contribution in [3.8, 4) is 11.9 Å². The van der Waals surface area contributed by atoms with E-state index >= 15 is 0 Å². The minimum atomic E-state index is -1.87. The third-order valence-corrected chi connectivity index (χ3v) is 4.23. The Morgan fingerprint density at radius 2 is 2.31 bits per heavy atom. The maximum absolute atomic E-state index is 13.4. The molecule has 0 amide bonds. The quantitative estimate of drug-likeness (QED) is 0.769. The maximum atomic E-state index is 13.4. The second-order valence-electron chi connectivity index (χ2n) is 6.35. The highest BCUT2D eigenvalue weighted by atomic mass is 19.1. The molecule has 0 radical (unpaired) electrons. The molecule has 0 bridgehead atoms. The summed E-state index contributed by atoms with van der Waals surface area (Å²) in [5.41, 5.74) is -0.251. The van der Waals surface area contributed by atoms with Crippen LogP contribution >= 0.6 is 0 Å². The summed E-state index contributed by atoms with van der Waals surface area (Å²) in [6.07, 6.45) is 0. The molecule has 1 atom stereocenters. The van der Waals surface area contributed by atoms with Gasteiger partial charge in [-0.25, -0.2) is 9.18 Å². The number of hydrogen-bond donors (Lipinski definition) is 2. The summed E-state index contributed by atoms with van der Waals surface area (Å²) in [6, 6.07) is 6.86. The number of carbonyl (C=O) groups is 1. The van der Waals surface area contributed by atoms with E-state index in [-0.39, 0.29) is 18.1 Å². The SMILES string of the molecule is CC(=O)O.[2H]C1([2H])C2CNCCN2c2cc(OCc3ccc(F)c(C#N)c3)nc(=O)n21. The Kier molecular flexibility index (Phi) is 5.29. The van der Waals surface area contributed by atoms with Crippen LogP contribution < -0.4 is 20.6 Å². The highest BCUT2D eigenvalue weighted by Gasteiger charge is 2.32. The lowest BCUT2D eigenvalue weighted by Crippen LogP contribution is -2.49. The number of halogens is 1. The molecule has 2 aliphatic heterocycles. The van der Waals surface area contributed by atoms with E-state index in [1.807, 2.05) is 4.90 Å². The van der Waals surface area contributed by atoms with Gasteiger partial charge < -0.3 is 20.1 Å². The fourth-order valence-electron chi connectivity index (χ4n) is 3.00. The van der Waals surface area contributed by atoms with Crippen LogP contribution in [0.25, 0.3) is 0 Å². The van der Waals surface area contributed by atoms with Gasteiger partial charge in [-0.1, -0.05) is 6.07 Å². The van der Waals surface area contributed by atoms with Gasteiger partial charge in [0.05, 0.1) is 20.8 Å². The number of ether oxygens (including phenoxy) is 1. The standard InChI is InChI=1S/C17H16FN5O2.C2H4O2/c18-14-2-1-11(5-12(14)7-19)10-25-15-6-16-22-4-3-20-8-13(22)9-23(16)17(24)21-15;1-2(3)4/h1-2,5-6,13,20H,3-4,8-10H2;1H3,(H,3,4)/i9D2;. The van der Waals surface area contributed by atoms with E-state index in [0.29, 0.717) is 31.0 Å². The Morgan fingerprint density at radius 3 is 3.03 bits per heavy atom. The number of hydrogen-bond acceptors (Lipinski definition) is 7. The molecule has 1 unspecified atom stereocenters. The fourth-order valence-corrected chi connectivity index (χ4v) is 3.00. The van der Waals surface area contributed by atoms with Crippen molar-refractivity contribution in [3.63, 3.8) is 0 Å². The molecule has 4 rings (SSSR count). The first kappa shape index (κ1) is 17.6. The lowest BCUT2D eigenvalue weighted by Gasteiger charge is -2.31. The van der Waals surface area contributed by atoms with Gasteiger partial charge in [0, 0.05) is 32.6 Å². The number of carboxylic acid groups (broad SMARTS) is 1. The van der Waals surface area contributed by atoms with E-state index in [1.54, 1.807) is 12.1 Å². The smallest absolute Gasteiger partial charge is 0.352 e. The zero-order valence-electron chi connectivity index (χ0n) is 17.6. The third kappa shape index (κ3) is 4.70. The summed E-state index contributed by atoms with van der Waals surface area (Å²) < 4.78 is 36.6. The first-order valence-corrected chi connectivity index (χ1v) is 8.78. The molecule has 0 aliphatic carbocycles. The van der Waals surface area contributed by atoms with Crippen molar-refractivity contribution >= 4 is 11.8 Å². The number of nitrogens with zero attached hydrogens (tertiary/aromatic N) is 4. The molecule has 2 N–H and O–H groups in total. The van der Waals surface area contributed by atoms with Gasteiger partial charge in [0.2, 0.25) is 5.88 Å². The highest BCUT2D eigenvalue weighted by molar-refractivity contribution is 5.63. The molecule has 0 saturated carbocycles. The molecule has 10 heteroatoms. The van der Waals surface area contributed by atoms with Gasteiger partial charge in [-0.2, -0.15) is 10.2 Å². The third-order valence-electron chi connectivity index (χ3n) is 4.23. The normalized spacial score (nSPS) is 19.5. The van der Waals surface area contributed by atoms with Gasteiger partial charge in [0.1, 0.15) is 24.3 Å². The fraction of sp³-hybridized carbons (Fsp3) is 0.368. The monoisotopic (exact) mass is 403 g/mol. The number of nitriles is 1. The van der Waals surface area contributed by atoms with Crippen LogP contribution in [0.15, 0.2) is 29.1 Å². The Morgan fingerprint density at radius 1 is 1.55 bits per heavy atom. The molecule has 0 spiro atoms. The zero-order chi connectivity index (χ0) is 22.8. The Bertz CT molecular complexity index is 1100. The minimum Gasteiger partial charge on any atom is -0.481 e. The number of rotatable bonds is 3. The molecule has 29 heavy (non-hydrogen) atoms. The van der Waals surface area contributed by atoms with Crippen LogP contribution in [-0.4, -0.2) is 46.3 Å². The number of piperazine rings is 1. The Balaban J connectivity index is 0.000000628. The van der Waals surface area contributed by atoms with Crippen molar-refractivity contribution in [2.24, 2.45) is 0 Å². The van der Waals surface area contributed by atoms with Gasteiger partial charge in [0.15, 0.2) is 0 Å². The molecule has 2 aliphatic rings. The number of aromatic nitrogens is 2. The molecule has 3 heterocycles. The van der Waals surface area contributed by atoms with Crippen molar-refractivity contribution in [2.75, 3.05) is 24.5 Å². The van der Waals surface area contributed by atoms with Gasteiger partial charge in [-0.15, -0.1) is 0 Å². The predicted molar refractivity (Wildman–Crippen MR) is 101 cm³/mol. The van der Waals surface area contributed by atoms with Crippen molar-refractivity contribution in [1.82, 2.24) is 14.9 Å². The van der Waals surface area contributed by atoms with Crippen LogP contribution in [0.3, 0.4) is 0 Å². The Labute approximate surface area is 168 Å². The zero-order valence-corrected chi connectivity index (χ0v) is 15.6. The number of nitrogens with one attached hydrogen (secondary N) is 1. The van der Waals surface area contributed by atoms with E-state index in [1.165, 1.54) is 18.2 Å². The molecular weight excluding hydrogens is 381 g/mol. The molecule has 152 valence electrons. The predicted octanol–water partition coefficient (Wildman–Crippen LogP) is 0.716. The van der Waals surface area contributed by atoms with Crippen LogP contribution in [0, 0.1) is 17.1 Å². The summed E-state index contributed by atoms with van der Waals surface area (Å²) in [6.45, 7) is 0.895.